The largest absolute Gasteiger partial charge is 0.334 e. The van der Waals surface area contributed by atoms with Gasteiger partial charge in [0, 0.05) is 25.8 Å². The summed E-state index contributed by atoms with van der Waals surface area (Å²) in [4.78, 5) is 4.07. The van der Waals surface area contributed by atoms with Crippen molar-refractivity contribution in [1.82, 2.24) is 19.6 Å². The van der Waals surface area contributed by atoms with Crippen molar-refractivity contribution in [3.8, 4) is 0 Å². The first-order chi connectivity index (χ1) is 8.03. The topological polar surface area (TPSA) is 76.0 Å². The van der Waals surface area contributed by atoms with Crippen LogP contribution in [0.1, 0.15) is 19.0 Å². The molecule has 0 spiro atoms. The Bertz CT molecular complexity index is 427. The number of sulfonamides is 1. The van der Waals surface area contributed by atoms with E-state index in [4.69, 9.17) is 0 Å². The van der Waals surface area contributed by atoms with Gasteiger partial charge in [-0.3, -0.25) is 0 Å². The van der Waals surface area contributed by atoms with Crippen LogP contribution in [-0.2, 0) is 23.1 Å². The minimum absolute atomic E-state index is 0.471. The Hall–Kier alpha value is -0.920. The molecule has 0 aromatic carbocycles. The SMILES string of the molecule is CCn1cncc1CNCCCNS(C)(=O)=O. The number of hydrogen-bond acceptors (Lipinski definition) is 4. The van der Waals surface area contributed by atoms with Crippen LogP contribution in [-0.4, -0.2) is 37.3 Å². The van der Waals surface area contributed by atoms with Crippen molar-refractivity contribution in [2.75, 3.05) is 19.3 Å². The van der Waals surface area contributed by atoms with Crippen molar-refractivity contribution in [1.29, 1.82) is 0 Å². The number of rotatable bonds is 8. The molecule has 1 aromatic heterocycles. The van der Waals surface area contributed by atoms with E-state index in [1.54, 1.807) is 0 Å². The van der Waals surface area contributed by atoms with Crippen molar-refractivity contribution in [3.63, 3.8) is 0 Å². The molecule has 1 aromatic rings. The van der Waals surface area contributed by atoms with Crippen LogP contribution in [0.2, 0.25) is 0 Å². The molecule has 0 atom stereocenters. The van der Waals surface area contributed by atoms with E-state index < -0.39 is 10.0 Å². The first kappa shape index (κ1) is 14.1. The summed E-state index contributed by atoms with van der Waals surface area (Å²) in [5.74, 6) is 0. The molecule has 0 aliphatic rings. The quantitative estimate of drug-likeness (QED) is 0.642. The highest BCUT2D eigenvalue weighted by Crippen LogP contribution is 1.97. The van der Waals surface area contributed by atoms with Gasteiger partial charge in [-0.1, -0.05) is 0 Å². The van der Waals surface area contributed by atoms with Crippen molar-refractivity contribution in [2.45, 2.75) is 26.4 Å². The standard InChI is InChI=1S/C10H20N4O2S/c1-3-14-9-12-8-10(14)7-11-5-4-6-13-17(2,15)16/h8-9,11,13H,3-7H2,1-2H3. The molecule has 0 aliphatic heterocycles. The summed E-state index contributed by atoms with van der Waals surface area (Å²) in [6, 6.07) is 0. The number of imidazole rings is 1. The van der Waals surface area contributed by atoms with Crippen molar-refractivity contribution in [3.05, 3.63) is 18.2 Å². The normalized spacial score (nSPS) is 11.9. The third-order valence-electron chi connectivity index (χ3n) is 2.34. The maximum absolute atomic E-state index is 10.8. The fourth-order valence-electron chi connectivity index (χ4n) is 1.47. The van der Waals surface area contributed by atoms with Gasteiger partial charge in [0.2, 0.25) is 10.0 Å². The third kappa shape index (κ3) is 5.81. The van der Waals surface area contributed by atoms with Gasteiger partial charge in [-0.15, -0.1) is 0 Å². The summed E-state index contributed by atoms with van der Waals surface area (Å²) in [6.07, 6.45) is 5.58. The molecule has 0 bridgehead atoms. The fraction of sp³-hybridized carbons (Fsp3) is 0.700. The van der Waals surface area contributed by atoms with Gasteiger partial charge in [0.05, 0.1) is 18.3 Å². The van der Waals surface area contributed by atoms with Crippen LogP contribution >= 0.6 is 0 Å². The minimum atomic E-state index is -3.06. The number of aryl methyl sites for hydroxylation is 1. The van der Waals surface area contributed by atoms with Gasteiger partial charge >= 0.3 is 0 Å². The fourth-order valence-corrected chi connectivity index (χ4v) is 1.98. The molecular formula is C10H20N4O2S. The molecule has 0 amide bonds. The zero-order chi connectivity index (χ0) is 12.7. The smallest absolute Gasteiger partial charge is 0.208 e. The highest BCUT2D eigenvalue weighted by Gasteiger charge is 2.00. The second-order valence-corrected chi connectivity index (χ2v) is 5.70. The molecule has 1 rings (SSSR count). The van der Waals surface area contributed by atoms with Crippen LogP contribution in [0.25, 0.3) is 0 Å². The van der Waals surface area contributed by atoms with Crippen LogP contribution in [0.15, 0.2) is 12.5 Å². The second-order valence-electron chi connectivity index (χ2n) is 3.87. The van der Waals surface area contributed by atoms with E-state index >= 15 is 0 Å². The average Bonchev–Trinajstić information content (AvgIpc) is 2.69. The maximum atomic E-state index is 10.8. The third-order valence-corrected chi connectivity index (χ3v) is 3.07. The summed E-state index contributed by atoms with van der Waals surface area (Å²) in [6.45, 7) is 4.98. The van der Waals surface area contributed by atoms with Gasteiger partial charge in [-0.2, -0.15) is 0 Å². The van der Waals surface area contributed by atoms with E-state index in [-0.39, 0.29) is 0 Å². The highest BCUT2D eigenvalue weighted by atomic mass is 32.2. The van der Waals surface area contributed by atoms with Crippen molar-refractivity contribution >= 4 is 10.0 Å². The molecule has 0 fully saturated rings. The second kappa shape index (κ2) is 6.73. The summed E-state index contributed by atoms with van der Waals surface area (Å²) in [5, 5.41) is 3.25. The Morgan fingerprint density at radius 3 is 2.82 bits per heavy atom. The Morgan fingerprint density at radius 1 is 1.41 bits per heavy atom. The highest BCUT2D eigenvalue weighted by molar-refractivity contribution is 7.88. The lowest BCUT2D eigenvalue weighted by atomic mass is 10.4. The van der Waals surface area contributed by atoms with E-state index in [0.29, 0.717) is 6.54 Å². The van der Waals surface area contributed by atoms with Gasteiger partial charge in [0.15, 0.2) is 0 Å². The van der Waals surface area contributed by atoms with Gasteiger partial charge in [0.25, 0.3) is 0 Å². The molecule has 98 valence electrons. The van der Waals surface area contributed by atoms with Gasteiger partial charge in [-0.25, -0.2) is 18.1 Å². The molecule has 0 radical (unpaired) electrons. The van der Waals surface area contributed by atoms with Crippen molar-refractivity contribution < 1.29 is 8.42 Å². The summed E-state index contributed by atoms with van der Waals surface area (Å²) >= 11 is 0. The van der Waals surface area contributed by atoms with Crippen molar-refractivity contribution in [2.24, 2.45) is 0 Å². The van der Waals surface area contributed by atoms with Gasteiger partial charge < -0.3 is 9.88 Å². The van der Waals surface area contributed by atoms with Crippen LogP contribution in [0.3, 0.4) is 0 Å². The lowest BCUT2D eigenvalue weighted by Gasteiger charge is -2.07. The van der Waals surface area contributed by atoms with E-state index in [9.17, 15) is 8.42 Å². The predicted molar refractivity (Wildman–Crippen MR) is 67.1 cm³/mol. The van der Waals surface area contributed by atoms with E-state index in [2.05, 4.69) is 26.5 Å². The molecular weight excluding hydrogens is 240 g/mol. The maximum Gasteiger partial charge on any atom is 0.208 e. The summed E-state index contributed by atoms with van der Waals surface area (Å²) < 4.78 is 26.1. The van der Waals surface area contributed by atoms with Crippen LogP contribution in [0.5, 0.6) is 0 Å². The first-order valence-electron chi connectivity index (χ1n) is 5.67. The molecule has 0 aliphatic carbocycles. The molecule has 7 heteroatoms. The molecule has 0 unspecified atom stereocenters. The van der Waals surface area contributed by atoms with Crippen LogP contribution < -0.4 is 10.0 Å². The molecule has 2 N–H and O–H groups in total. The molecule has 1 heterocycles. The Kier molecular flexibility index (Phi) is 5.60. The van der Waals surface area contributed by atoms with E-state index in [1.807, 2.05) is 12.5 Å². The number of hydrogen-bond donors (Lipinski definition) is 2. The van der Waals surface area contributed by atoms with E-state index in [1.165, 1.54) is 6.26 Å². The summed E-state index contributed by atoms with van der Waals surface area (Å²) in [7, 11) is -3.06. The van der Waals surface area contributed by atoms with Crippen LogP contribution in [0.4, 0.5) is 0 Å². The van der Waals surface area contributed by atoms with E-state index in [0.717, 1.165) is 31.7 Å². The first-order valence-corrected chi connectivity index (χ1v) is 7.56. The molecule has 0 saturated heterocycles. The average molecular weight is 260 g/mol. The van der Waals surface area contributed by atoms with Gasteiger partial charge in [0.1, 0.15) is 0 Å². The number of aromatic nitrogens is 2. The van der Waals surface area contributed by atoms with Crippen LogP contribution in [0, 0.1) is 0 Å². The van der Waals surface area contributed by atoms with Gasteiger partial charge in [-0.05, 0) is 19.9 Å². The molecule has 0 saturated carbocycles. The lowest BCUT2D eigenvalue weighted by Crippen LogP contribution is -2.26. The Morgan fingerprint density at radius 2 is 2.18 bits per heavy atom. The minimum Gasteiger partial charge on any atom is -0.334 e. The number of nitrogens with one attached hydrogen (secondary N) is 2. The molecule has 6 nitrogen and oxygen atoms in total. The lowest BCUT2D eigenvalue weighted by molar-refractivity contribution is 0.574. The Labute approximate surface area is 102 Å². The zero-order valence-electron chi connectivity index (χ0n) is 10.3. The predicted octanol–water partition coefficient (Wildman–Crippen LogP) is -0.0681. The molecule has 17 heavy (non-hydrogen) atoms. The monoisotopic (exact) mass is 260 g/mol. The zero-order valence-corrected chi connectivity index (χ0v) is 11.1. The number of nitrogens with zero attached hydrogens (tertiary/aromatic N) is 2. The summed E-state index contributed by atoms with van der Waals surface area (Å²) in [5.41, 5.74) is 1.14. The Balaban J connectivity index is 2.13.